The minimum atomic E-state index is -1.86. The number of likely N-dealkylation sites (N-methyl/N-ethyl adjacent to an activating group) is 1. The van der Waals surface area contributed by atoms with E-state index in [9.17, 15) is 38.7 Å². The first-order valence-electron chi connectivity index (χ1n) is 22.2. The number of methoxy groups -OCH3 is 2. The average molecular weight is 1010 g/mol. The highest BCUT2D eigenvalue weighted by Gasteiger charge is 2.64. The average Bonchev–Trinajstić information content (AvgIpc) is 3.90. The van der Waals surface area contributed by atoms with Gasteiger partial charge in [-0.15, -0.1) is 0 Å². The maximum Gasteiger partial charge on any atom is 0.409 e. The highest BCUT2D eigenvalue weighted by atomic mass is 35.5. The molecule has 4 aliphatic heterocycles. The lowest BCUT2D eigenvalue weighted by Gasteiger charge is -2.42. The van der Waals surface area contributed by atoms with Gasteiger partial charge in [-0.25, -0.2) is 9.59 Å². The summed E-state index contributed by atoms with van der Waals surface area (Å²) in [5.41, 5.74) is -1.08. The van der Waals surface area contributed by atoms with Crippen LogP contribution in [-0.2, 0) is 58.9 Å². The zero-order valence-corrected chi connectivity index (χ0v) is 42.0. The van der Waals surface area contributed by atoms with Crippen LogP contribution in [0.2, 0.25) is 5.02 Å². The summed E-state index contributed by atoms with van der Waals surface area (Å²) in [7, 11) is 8.85. The number of hydrogen-bond acceptors (Lipinski definition) is 16. The molecule has 0 unspecified atom stereocenters. The number of rotatable bonds is 18. The number of epoxide rings is 1. The number of nitrogens with zero attached hydrogens (tertiary/aromatic N) is 3. The number of fused-ring (bicyclic) bond motifs is 5. The Morgan fingerprint density at radius 1 is 1.09 bits per heavy atom. The van der Waals surface area contributed by atoms with Crippen molar-refractivity contribution in [3.05, 3.63) is 58.7 Å². The van der Waals surface area contributed by atoms with Gasteiger partial charge in [-0.1, -0.05) is 63.9 Å². The van der Waals surface area contributed by atoms with Crippen LogP contribution in [-0.4, -0.2) is 164 Å². The molecule has 5 rings (SSSR count). The van der Waals surface area contributed by atoms with Gasteiger partial charge < -0.3 is 48.6 Å². The molecule has 0 radical (unpaired) electrons. The van der Waals surface area contributed by atoms with E-state index < -0.39 is 65.7 Å². The summed E-state index contributed by atoms with van der Waals surface area (Å²) in [5, 5.41) is 17.3. The van der Waals surface area contributed by atoms with E-state index >= 15 is 0 Å². The first-order chi connectivity index (χ1) is 32.2. The third-order valence-corrected chi connectivity index (χ3v) is 15.1. The topological polar surface area (TPSA) is 232 Å². The lowest BCUT2D eigenvalue weighted by molar-refractivity contribution is -0.162. The third kappa shape index (κ3) is 13.8. The molecule has 6 amide bonds. The fourth-order valence-corrected chi connectivity index (χ4v) is 10.2. The fourth-order valence-electron chi connectivity index (χ4n) is 8.04. The van der Waals surface area contributed by atoms with Crippen molar-refractivity contribution in [1.82, 2.24) is 20.4 Å². The number of carbonyl (C=O) groups is 7. The number of imide groups is 1. The SMILES string of the molecule is COc1cc2cc(c1Cl)N(C)C(=O)C[C@H](OC(=O)[C@H](C)N(C)C(=O)CCSSCCNC(=O)CCOCCN1C(=O)C=CC1=O)[C@]1(C)O[C@H]1[C@H](C)[C@@H]1C[C@@](O)(NC(=O)O1)[C@H](OC)/C=C/C=C(\C)C2. The zero-order valence-electron chi connectivity index (χ0n) is 39.6. The summed E-state index contributed by atoms with van der Waals surface area (Å²) < 4.78 is 34.7. The molecule has 374 valence electrons. The largest absolute Gasteiger partial charge is 0.495 e. The molecule has 68 heavy (non-hydrogen) atoms. The van der Waals surface area contributed by atoms with Crippen LogP contribution in [0.3, 0.4) is 0 Å². The van der Waals surface area contributed by atoms with Crippen molar-refractivity contribution in [3.8, 4) is 5.75 Å². The lowest BCUT2D eigenvalue weighted by atomic mass is 9.83. The highest BCUT2D eigenvalue weighted by Crippen LogP contribution is 2.49. The first kappa shape index (κ1) is 54.3. The Bertz CT molecular complexity index is 2140. The fraction of sp³-hybridized carbons (Fsp3) is 0.587. The number of amides is 6. The molecule has 4 heterocycles. The maximum absolute atomic E-state index is 14.3. The van der Waals surface area contributed by atoms with E-state index in [0.717, 1.165) is 16.0 Å². The lowest BCUT2D eigenvalue weighted by Crippen LogP contribution is -2.63. The smallest absolute Gasteiger partial charge is 0.409 e. The van der Waals surface area contributed by atoms with Gasteiger partial charge in [-0.05, 0) is 44.9 Å². The molecule has 0 aromatic heterocycles. The Labute approximate surface area is 409 Å². The van der Waals surface area contributed by atoms with Crippen LogP contribution in [0.5, 0.6) is 5.75 Å². The van der Waals surface area contributed by atoms with Crippen LogP contribution in [0, 0.1) is 5.92 Å². The van der Waals surface area contributed by atoms with Crippen molar-refractivity contribution in [2.45, 2.75) is 102 Å². The van der Waals surface area contributed by atoms with Gasteiger partial charge in [0.2, 0.25) is 17.7 Å². The number of benzene rings is 1. The van der Waals surface area contributed by atoms with E-state index in [1.807, 2.05) is 13.0 Å². The van der Waals surface area contributed by atoms with Gasteiger partial charge in [0.15, 0.2) is 5.72 Å². The highest BCUT2D eigenvalue weighted by molar-refractivity contribution is 8.76. The zero-order chi connectivity index (χ0) is 49.9. The summed E-state index contributed by atoms with van der Waals surface area (Å²) in [6.45, 7) is 7.68. The molecule has 1 aromatic carbocycles. The second-order valence-corrected chi connectivity index (χ2v) is 20.3. The number of carbonyl (C=O) groups excluding carboxylic acids is 7. The summed E-state index contributed by atoms with van der Waals surface area (Å²) in [6.07, 6.45) is 3.21. The Hall–Kier alpha value is -4.64. The van der Waals surface area contributed by atoms with Crippen molar-refractivity contribution in [2.75, 3.05) is 71.0 Å². The van der Waals surface area contributed by atoms with Gasteiger partial charge in [0.1, 0.15) is 40.7 Å². The van der Waals surface area contributed by atoms with Gasteiger partial charge in [-0.2, -0.15) is 0 Å². The van der Waals surface area contributed by atoms with Gasteiger partial charge in [0.05, 0.1) is 45.1 Å². The number of ether oxygens (including phenoxy) is 6. The van der Waals surface area contributed by atoms with Crippen LogP contribution in [0.1, 0.15) is 58.9 Å². The molecular formula is C46H62ClN5O14S2. The minimum Gasteiger partial charge on any atom is -0.495 e. The molecule has 4 bridgehead atoms. The van der Waals surface area contributed by atoms with Gasteiger partial charge in [0.25, 0.3) is 11.8 Å². The van der Waals surface area contributed by atoms with Crippen molar-refractivity contribution >= 4 is 80.5 Å². The number of esters is 1. The van der Waals surface area contributed by atoms with Crippen molar-refractivity contribution in [2.24, 2.45) is 5.92 Å². The summed E-state index contributed by atoms with van der Waals surface area (Å²) in [5.74, 6) is -1.78. The minimum absolute atomic E-state index is 0.0825. The summed E-state index contributed by atoms with van der Waals surface area (Å²) in [6, 6.07) is 2.49. The standard InChI is InChI=1S/C46H62ClN5O14S2/c1-27-10-9-11-34(62-8)46(60)26-33(64-44(59)49-46)28(2)42-45(4,66-42)35(25-40(57)51(6)31-23-30(22-27)24-32(61-7)41(31)47)65-43(58)29(3)50(5)37(54)15-20-67-68-21-16-48-36(53)14-18-63-19-17-52-38(55)12-13-39(52)56/h9-13,23-24,28-29,33-35,42,60H,14-22,25-26H2,1-8H3,(H,48,53)(H,49,59)/b11-9+,27-10+/t28-,29+,33+,34-,35+,42+,45+,46+/m1/s1. The molecule has 4 aliphatic rings. The van der Waals surface area contributed by atoms with E-state index in [-0.39, 0.29) is 74.1 Å². The molecule has 22 heteroatoms. The van der Waals surface area contributed by atoms with Crippen LogP contribution >= 0.6 is 33.2 Å². The number of allylic oxidation sites excluding steroid dienone is 3. The Morgan fingerprint density at radius 3 is 2.49 bits per heavy atom. The predicted molar refractivity (Wildman–Crippen MR) is 255 cm³/mol. The molecule has 19 nitrogen and oxygen atoms in total. The molecule has 2 saturated heterocycles. The maximum atomic E-state index is 14.3. The van der Waals surface area contributed by atoms with Crippen molar-refractivity contribution in [3.63, 3.8) is 0 Å². The Morgan fingerprint density at radius 2 is 1.79 bits per heavy atom. The second kappa shape index (κ2) is 24.3. The number of alkyl carbamates (subject to hydrolysis) is 1. The van der Waals surface area contributed by atoms with Crippen molar-refractivity contribution in [1.29, 1.82) is 0 Å². The van der Waals surface area contributed by atoms with Crippen molar-refractivity contribution < 1.29 is 67.1 Å². The van der Waals surface area contributed by atoms with Gasteiger partial charge in [-0.3, -0.25) is 34.2 Å². The molecule has 1 aromatic rings. The first-order valence-corrected chi connectivity index (χ1v) is 25.1. The molecule has 0 spiro atoms. The van der Waals surface area contributed by atoms with Crippen LogP contribution in [0.15, 0.2) is 48.1 Å². The van der Waals surface area contributed by atoms with Crippen LogP contribution < -0.4 is 20.3 Å². The number of anilines is 1. The quantitative estimate of drug-likeness (QED) is 0.0625. The third-order valence-electron chi connectivity index (χ3n) is 12.3. The normalized spacial score (nSPS) is 27.9. The number of nitrogens with one attached hydrogen (secondary N) is 2. The van der Waals surface area contributed by atoms with E-state index in [2.05, 4.69) is 10.6 Å². The molecule has 8 atom stereocenters. The molecular weight excluding hydrogens is 946 g/mol. The Kier molecular flexibility index (Phi) is 19.4. The van der Waals surface area contributed by atoms with Gasteiger partial charge in [0, 0.05) is 76.6 Å². The van der Waals surface area contributed by atoms with Crippen LogP contribution in [0.25, 0.3) is 0 Å². The second-order valence-electron chi connectivity index (χ2n) is 17.2. The number of hydrogen-bond donors (Lipinski definition) is 3. The number of aliphatic hydroxyl groups is 1. The van der Waals surface area contributed by atoms with E-state index in [1.165, 1.54) is 71.7 Å². The van der Waals surface area contributed by atoms with E-state index in [1.54, 1.807) is 45.2 Å². The van der Waals surface area contributed by atoms with Crippen LogP contribution in [0.4, 0.5) is 10.5 Å². The molecule has 0 aliphatic carbocycles. The molecule has 0 saturated carbocycles. The summed E-state index contributed by atoms with van der Waals surface area (Å²) >= 11 is 6.80. The number of halogens is 1. The van der Waals surface area contributed by atoms with E-state index in [0.29, 0.717) is 35.9 Å². The van der Waals surface area contributed by atoms with Gasteiger partial charge >= 0.3 is 12.1 Å². The van der Waals surface area contributed by atoms with E-state index in [4.69, 9.17) is 40.0 Å². The Balaban J connectivity index is 1.20. The molecule has 2 fully saturated rings. The summed E-state index contributed by atoms with van der Waals surface area (Å²) in [4.78, 5) is 93.6. The predicted octanol–water partition coefficient (Wildman–Crippen LogP) is 3.73. The molecule has 3 N–H and O–H groups in total. The monoisotopic (exact) mass is 1010 g/mol.